The predicted molar refractivity (Wildman–Crippen MR) is 81.1 cm³/mol. The molecule has 1 fully saturated rings. The number of carbonyl (C=O) groups excluding carboxylic acids is 2. The fraction of sp³-hybridized carbons (Fsp3) is 0.500. The molecule has 0 aliphatic carbocycles. The maximum atomic E-state index is 11.7. The molecule has 1 aromatic carbocycles. The van der Waals surface area contributed by atoms with E-state index in [1.807, 2.05) is 45.0 Å². The van der Waals surface area contributed by atoms with E-state index in [0.717, 1.165) is 24.2 Å². The van der Waals surface area contributed by atoms with Crippen molar-refractivity contribution < 1.29 is 14.3 Å². The van der Waals surface area contributed by atoms with Crippen molar-refractivity contribution >= 4 is 17.7 Å². The molecule has 1 aromatic rings. The number of rotatable bonds is 3. The molecule has 2 rings (SSSR count). The highest BCUT2D eigenvalue weighted by Gasteiger charge is 2.21. The van der Waals surface area contributed by atoms with E-state index < -0.39 is 11.7 Å². The van der Waals surface area contributed by atoms with E-state index in [0.29, 0.717) is 13.0 Å². The Hall–Kier alpha value is -2.04. The summed E-state index contributed by atoms with van der Waals surface area (Å²) < 4.78 is 5.18. The van der Waals surface area contributed by atoms with Gasteiger partial charge in [-0.25, -0.2) is 4.79 Å². The Labute approximate surface area is 125 Å². The van der Waals surface area contributed by atoms with Gasteiger partial charge in [0.15, 0.2) is 0 Å². The molecule has 5 nitrogen and oxygen atoms in total. The minimum absolute atomic E-state index is 0.176. The Morgan fingerprint density at radius 3 is 2.48 bits per heavy atom. The first kappa shape index (κ1) is 15.4. The van der Waals surface area contributed by atoms with Gasteiger partial charge in [0.1, 0.15) is 5.60 Å². The largest absolute Gasteiger partial charge is 0.444 e. The average Bonchev–Trinajstić information content (AvgIpc) is 2.81. The standard InChI is InChI=1S/C16H22N2O3/c1-16(2,3)21-15(20)17-11-12-6-8-13(9-7-12)18-10-4-5-14(18)19/h6-9H,4-5,10-11H2,1-3H3,(H,17,20). The molecule has 1 saturated heterocycles. The minimum Gasteiger partial charge on any atom is -0.444 e. The van der Waals surface area contributed by atoms with E-state index in [1.165, 1.54) is 0 Å². The molecule has 1 aliphatic rings. The van der Waals surface area contributed by atoms with Gasteiger partial charge in [0, 0.05) is 25.2 Å². The zero-order valence-electron chi connectivity index (χ0n) is 12.8. The van der Waals surface area contributed by atoms with E-state index in [9.17, 15) is 9.59 Å². The molecular formula is C16H22N2O3. The number of anilines is 1. The van der Waals surface area contributed by atoms with Crippen molar-refractivity contribution in [2.45, 2.75) is 45.8 Å². The van der Waals surface area contributed by atoms with E-state index >= 15 is 0 Å². The summed E-state index contributed by atoms with van der Waals surface area (Å²) in [4.78, 5) is 25.0. The summed E-state index contributed by atoms with van der Waals surface area (Å²) in [5.41, 5.74) is 1.39. The summed E-state index contributed by atoms with van der Waals surface area (Å²) >= 11 is 0. The van der Waals surface area contributed by atoms with Gasteiger partial charge in [0.05, 0.1) is 0 Å². The molecule has 1 N–H and O–H groups in total. The SMILES string of the molecule is CC(C)(C)OC(=O)NCc1ccc(N2CCCC2=O)cc1. The molecule has 0 spiro atoms. The summed E-state index contributed by atoms with van der Waals surface area (Å²) in [6.45, 7) is 6.68. The van der Waals surface area contributed by atoms with Gasteiger partial charge in [-0.05, 0) is 44.9 Å². The fourth-order valence-corrected chi connectivity index (χ4v) is 2.20. The van der Waals surface area contributed by atoms with Crippen molar-refractivity contribution in [1.82, 2.24) is 5.32 Å². The van der Waals surface area contributed by atoms with Gasteiger partial charge in [0.25, 0.3) is 0 Å². The monoisotopic (exact) mass is 290 g/mol. The second kappa shape index (κ2) is 6.16. The quantitative estimate of drug-likeness (QED) is 0.931. The van der Waals surface area contributed by atoms with Gasteiger partial charge >= 0.3 is 6.09 Å². The van der Waals surface area contributed by atoms with Gasteiger partial charge in [-0.1, -0.05) is 12.1 Å². The third-order valence-electron chi connectivity index (χ3n) is 3.16. The van der Waals surface area contributed by atoms with E-state index in [2.05, 4.69) is 5.32 Å². The van der Waals surface area contributed by atoms with Crippen LogP contribution < -0.4 is 10.2 Å². The third kappa shape index (κ3) is 4.48. The molecule has 2 amide bonds. The van der Waals surface area contributed by atoms with E-state index in [4.69, 9.17) is 4.74 Å². The van der Waals surface area contributed by atoms with Crippen LogP contribution in [0.5, 0.6) is 0 Å². The zero-order valence-corrected chi connectivity index (χ0v) is 12.8. The van der Waals surface area contributed by atoms with Crippen molar-refractivity contribution in [1.29, 1.82) is 0 Å². The van der Waals surface area contributed by atoms with Gasteiger partial charge in [-0.2, -0.15) is 0 Å². The number of carbonyl (C=O) groups is 2. The van der Waals surface area contributed by atoms with Crippen LogP contribution in [0.25, 0.3) is 0 Å². The summed E-state index contributed by atoms with van der Waals surface area (Å²) in [7, 11) is 0. The maximum absolute atomic E-state index is 11.7. The second-order valence-corrected chi connectivity index (χ2v) is 6.17. The third-order valence-corrected chi connectivity index (χ3v) is 3.16. The molecule has 0 atom stereocenters. The van der Waals surface area contributed by atoms with Crippen LogP contribution in [-0.2, 0) is 16.1 Å². The highest BCUT2D eigenvalue weighted by molar-refractivity contribution is 5.95. The normalized spacial score (nSPS) is 15.2. The van der Waals surface area contributed by atoms with Crippen LogP contribution in [0.1, 0.15) is 39.2 Å². The summed E-state index contributed by atoms with van der Waals surface area (Å²) in [6.07, 6.45) is 1.12. The van der Waals surface area contributed by atoms with Crippen molar-refractivity contribution in [3.05, 3.63) is 29.8 Å². The molecule has 1 aliphatic heterocycles. The van der Waals surface area contributed by atoms with Crippen LogP contribution in [0.3, 0.4) is 0 Å². The number of hydrogen-bond donors (Lipinski definition) is 1. The lowest BCUT2D eigenvalue weighted by Gasteiger charge is -2.20. The highest BCUT2D eigenvalue weighted by atomic mass is 16.6. The van der Waals surface area contributed by atoms with Gasteiger partial charge in [-0.15, -0.1) is 0 Å². The Morgan fingerprint density at radius 1 is 1.29 bits per heavy atom. The number of nitrogens with one attached hydrogen (secondary N) is 1. The van der Waals surface area contributed by atoms with Crippen LogP contribution in [0, 0.1) is 0 Å². The smallest absolute Gasteiger partial charge is 0.407 e. The second-order valence-electron chi connectivity index (χ2n) is 6.17. The molecule has 5 heteroatoms. The van der Waals surface area contributed by atoms with Crippen molar-refractivity contribution in [2.75, 3.05) is 11.4 Å². The Kier molecular flexibility index (Phi) is 4.50. The van der Waals surface area contributed by atoms with E-state index in [-0.39, 0.29) is 5.91 Å². The zero-order chi connectivity index (χ0) is 15.5. The first-order valence-electron chi connectivity index (χ1n) is 7.21. The molecule has 0 radical (unpaired) electrons. The fourth-order valence-electron chi connectivity index (χ4n) is 2.20. The number of nitrogens with zero attached hydrogens (tertiary/aromatic N) is 1. The number of alkyl carbamates (subject to hydrolysis) is 1. The maximum Gasteiger partial charge on any atom is 0.407 e. The topological polar surface area (TPSA) is 58.6 Å². The van der Waals surface area contributed by atoms with Crippen molar-refractivity contribution in [3.8, 4) is 0 Å². The van der Waals surface area contributed by atoms with E-state index in [1.54, 1.807) is 4.90 Å². The average molecular weight is 290 g/mol. The molecule has 0 bridgehead atoms. The lowest BCUT2D eigenvalue weighted by molar-refractivity contribution is -0.117. The van der Waals surface area contributed by atoms with Gasteiger partial charge in [-0.3, -0.25) is 4.79 Å². The van der Waals surface area contributed by atoms with Crippen LogP contribution in [0.4, 0.5) is 10.5 Å². The van der Waals surface area contributed by atoms with Gasteiger partial charge < -0.3 is 15.0 Å². The highest BCUT2D eigenvalue weighted by Crippen LogP contribution is 2.21. The number of hydrogen-bond acceptors (Lipinski definition) is 3. The van der Waals surface area contributed by atoms with Crippen LogP contribution >= 0.6 is 0 Å². The van der Waals surface area contributed by atoms with Crippen molar-refractivity contribution in [2.24, 2.45) is 0 Å². The molecule has 1 heterocycles. The Bertz CT molecular complexity index is 517. The number of ether oxygens (including phenoxy) is 1. The number of benzene rings is 1. The molecule has 21 heavy (non-hydrogen) atoms. The Morgan fingerprint density at radius 2 is 1.95 bits per heavy atom. The lowest BCUT2D eigenvalue weighted by Crippen LogP contribution is -2.32. The van der Waals surface area contributed by atoms with Crippen molar-refractivity contribution in [3.63, 3.8) is 0 Å². The summed E-state index contributed by atoms with van der Waals surface area (Å²) in [5, 5.41) is 2.71. The predicted octanol–water partition coefficient (Wildman–Crippen LogP) is 2.84. The van der Waals surface area contributed by atoms with Crippen LogP contribution in [-0.4, -0.2) is 24.1 Å². The minimum atomic E-state index is -0.496. The lowest BCUT2D eigenvalue weighted by atomic mass is 10.2. The molecule has 114 valence electrons. The molecule has 0 unspecified atom stereocenters. The van der Waals surface area contributed by atoms with Gasteiger partial charge in [0.2, 0.25) is 5.91 Å². The first-order chi connectivity index (χ1) is 9.85. The summed E-state index contributed by atoms with van der Waals surface area (Å²) in [6, 6.07) is 7.65. The van der Waals surface area contributed by atoms with Crippen LogP contribution in [0.15, 0.2) is 24.3 Å². The number of amides is 2. The van der Waals surface area contributed by atoms with Crippen LogP contribution in [0.2, 0.25) is 0 Å². The first-order valence-corrected chi connectivity index (χ1v) is 7.21. The molecule has 0 saturated carbocycles. The molecule has 0 aromatic heterocycles. The molecular weight excluding hydrogens is 268 g/mol. The Balaban J connectivity index is 1.88. The summed E-state index contributed by atoms with van der Waals surface area (Å²) in [5.74, 6) is 0.176.